The SMILES string of the molecule is NC(=O)c1c(-c2ccc(Oc3ccccc3)cc2)nn2c1Nc1ccc(C3CCN(CCC4CCN(c5ccc(N6CCC(=O)NC6=O)cc5)CC4)CC3)cc1CC2. The zero-order chi connectivity index (χ0) is 39.6. The number of nitrogens with two attached hydrogens (primary N) is 1. The highest BCUT2D eigenvalue weighted by molar-refractivity contribution is 6.06. The Bertz CT molecular complexity index is 2280. The number of piperidine rings is 2. The number of carbonyl (C=O) groups is 3. The van der Waals surface area contributed by atoms with Crippen molar-refractivity contribution in [3.8, 4) is 22.8 Å². The summed E-state index contributed by atoms with van der Waals surface area (Å²) < 4.78 is 7.84. The van der Waals surface area contributed by atoms with Crippen molar-refractivity contribution in [2.75, 3.05) is 54.4 Å². The lowest BCUT2D eigenvalue weighted by Crippen LogP contribution is -2.49. The van der Waals surface area contributed by atoms with E-state index in [1.165, 1.54) is 36.1 Å². The molecular formula is C46H50N8O4. The zero-order valence-electron chi connectivity index (χ0n) is 32.7. The highest BCUT2D eigenvalue weighted by Gasteiger charge is 2.29. The monoisotopic (exact) mass is 778 g/mol. The molecule has 0 bridgehead atoms. The fourth-order valence-corrected chi connectivity index (χ4v) is 9.03. The van der Waals surface area contributed by atoms with E-state index < -0.39 is 5.91 Å². The summed E-state index contributed by atoms with van der Waals surface area (Å²) in [5.41, 5.74) is 13.4. The lowest BCUT2D eigenvalue weighted by atomic mass is 9.87. The number of aryl methyl sites for hydroxylation is 2. The number of hydrogen-bond acceptors (Lipinski definition) is 8. The summed E-state index contributed by atoms with van der Waals surface area (Å²) >= 11 is 0. The Labute approximate surface area is 338 Å². The lowest BCUT2D eigenvalue weighted by Gasteiger charge is -2.36. The van der Waals surface area contributed by atoms with Crippen molar-refractivity contribution in [3.05, 3.63) is 114 Å². The van der Waals surface area contributed by atoms with Gasteiger partial charge in [-0.2, -0.15) is 5.10 Å². The van der Waals surface area contributed by atoms with Gasteiger partial charge in [-0.1, -0.05) is 30.3 Å². The van der Waals surface area contributed by atoms with E-state index in [1.54, 1.807) is 4.90 Å². The average molecular weight is 779 g/mol. The molecule has 4 N–H and O–H groups in total. The van der Waals surface area contributed by atoms with Gasteiger partial charge in [0.25, 0.3) is 5.91 Å². The molecule has 0 radical (unpaired) electrons. The number of ether oxygens (including phenoxy) is 1. The van der Waals surface area contributed by atoms with E-state index in [0.717, 1.165) is 80.6 Å². The number of primary amides is 1. The molecule has 1 aromatic heterocycles. The number of carbonyl (C=O) groups excluding carboxylic acids is 3. The molecule has 12 heteroatoms. The number of benzene rings is 4. The van der Waals surface area contributed by atoms with Crippen LogP contribution in [0.25, 0.3) is 11.3 Å². The van der Waals surface area contributed by atoms with E-state index in [-0.39, 0.29) is 11.9 Å². The minimum absolute atomic E-state index is 0.215. The number of nitrogens with zero attached hydrogens (tertiary/aromatic N) is 5. The number of rotatable bonds is 10. The van der Waals surface area contributed by atoms with Crippen LogP contribution in [0.4, 0.5) is 27.7 Å². The number of hydrogen-bond donors (Lipinski definition) is 3. The van der Waals surface area contributed by atoms with Crippen LogP contribution in [0.1, 0.15) is 65.9 Å². The van der Waals surface area contributed by atoms with Gasteiger partial charge in [0.2, 0.25) is 5.91 Å². The number of fused-ring (bicyclic) bond motifs is 2. The molecule has 4 aliphatic heterocycles. The largest absolute Gasteiger partial charge is 0.457 e. The molecule has 0 aliphatic carbocycles. The van der Waals surface area contributed by atoms with Crippen LogP contribution >= 0.6 is 0 Å². The van der Waals surface area contributed by atoms with E-state index >= 15 is 0 Å². The molecule has 12 nitrogen and oxygen atoms in total. The van der Waals surface area contributed by atoms with Crippen molar-refractivity contribution < 1.29 is 19.1 Å². The molecule has 0 saturated carbocycles. The molecule has 58 heavy (non-hydrogen) atoms. The van der Waals surface area contributed by atoms with Gasteiger partial charge in [0.05, 0.1) is 0 Å². The lowest BCUT2D eigenvalue weighted by molar-refractivity contribution is -0.120. The van der Waals surface area contributed by atoms with Gasteiger partial charge < -0.3 is 25.6 Å². The van der Waals surface area contributed by atoms with Gasteiger partial charge in [0.15, 0.2) is 0 Å². The minimum atomic E-state index is -0.514. The first-order valence-electron chi connectivity index (χ1n) is 20.7. The number of amides is 4. The third-order valence-corrected chi connectivity index (χ3v) is 12.4. The molecule has 4 aliphatic rings. The van der Waals surface area contributed by atoms with Crippen molar-refractivity contribution in [1.29, 1.82) is 0 Å². The van der Waals surface area contributed by atoms with Gasteiger partial charge in [-0.3, -0.25) is 19.8 Å². The second-order valence-corrected chi connectivity index (χ2v) is 16.0. The highest BCUT2D eigenvalue weighted by Crippen LogP contribution is 2.38. The van der Waals surface area contributed by atoms with Crippen LogP contribution in [0.5, 0.6) is 11.5 Å². The fraction of sp³-hybridized carbons (Fsp3) is 0.348. The summed E-state index contributed by atoms with van der Waals surface area (Å²) in [4.78, 5) is 43.4. The maximum absolute atomic E-state index is 12.9. The quantitative estimate of drug-likeness (QED) is 0.131. The molecule has 3 saturated heterocycles. The van der Waals surface area contributed by atoms with Crippen LogP contribution in [0.3, 0.4) is 0 Å². The average Bonchev–Trinajstić information content (AvgIpc) is 3.52. The molecule has 4 aromatic carbocycles. The van der Waals surface area contributed by atoms with Crippen LogP contribution in [0.15, 0.2) is 97.1 Å². The molecule has 3 fully saturated rings. The number of urea groups is 1. The number of aromatic nitrogens is 2. The topological polar surface area (TPSA) is 138 Å². The number of likely N-dealkylation sites (tertiary alicyclic amines) is 1. The van der Waals surface area contributed by atoms with Gasteiger partial charge in [0, 0.05) is 55.2 Å². The minimum Gasteiger partial charge on any atom is -0.457 e. The first-order valence-corrected chi connectivity index (χ1v) is 20.7. The van der Waals surface area contributed by atoms with Gasteiger partial charge in [-0.05, 0) is 148 Å². The number of imide groups is 1. The molecular weight excluding hydrogens is 729 g/mol. The number of nitrogens with one attached hydrogen (secondary N) is 2. The second-order valence-electron chi connectivity index (χ2n) is 16.0. The molecule has 9 rings (SSSR count). The van der Waals surface area contributed by atoms with E-state index in [9.17, 15) is 14.4 Å². The van der Waals surface area contributed by atoms with Crippen LogP contribution in [0.2, 0.25) is 0 Å². The second kappa shape index (κ2) is 16.4. The Balaban J connectivity index is 0.759. The summed E-state index contributed by atoms with van der Waals surface area (Å²) in [6.07, 6.45) is 7.06. The van der Waals surface area contributed by atoms with E-state index in [0.29, 0.717) is 48.3 Å². The van der Waals surface area contributed by atoms with Crippen LogP contribution in [0, 0.1) is 5.92 Å². The van der Waals surface area contributed by atoms with E-state index in [1.807, 2.05) is 71.4 Å². The van der Waals surface area contributed by atoms with Gasteiger partial charge in [0.1, 0.15) is 28.6 Å². The molecule has 4 amide bonds. The molecule has 0 spiro atoms. The Hall–Kier alpha value is -6.14. The standard InChI is InChI=1S/C46H50N8O4/c47-44(56)42-43(33-6-13-39(14-7-33)58-38-4-2-1-3-5-38)50-54-29-21-35-30-34(8-15-40(35)48-45(42)54)32-19-24-51(25-20-32)23-16-31-17-26-52(27-18-31)36-9-11-37(12-10-36)53-28-22-41(55)49-46(53)57/h1-15,30-32,48H,16-29H2,(H2,47,56)(H,49,55,57). The van der Waals surface area contributed by atoms with Gasteiger partial charge in [-0.25, -0.2) is 9.48 Å². The maximum atomic E-state index is 12.9. The first-order chi connectivity index (χ1) is 28.3. The van der Waals surface area contributed by atoms with Crippen LogP contribution < -0.4 is 30.9 Å². The molecule has 0 unspecified atom stereocenters. The summed E-state index contributed by atoms with van der Waals surface area (Å²) in [5.74, 6) is 2.63. The smallest absolute Gasteiger partial charge is 0.328 e. The summed E-state index contributed by atoms with van der Waals surface area (Å²) in [6.45, 7) is 6.54. The number of anilines is 4. The predicted octanol–water partition coefficient (Wildman–Crippen LogP) is 7.67. The summed E-state index contributed by atoms with van der Waals surface area (Å²) in [6, 6.07) is 31.8. The zero-order valence-corrected chi connectivity index (χ0v) is 32.7. The maximum Gasteiger partial charge on any atom is 0.328 e. The van der Waals surface area contributed by atoms with Crippen molar-refractivity contribution in [2.45, 2.75) is 57.4 Å². The molecule has 0 atom stereocenters. The molecule has 298 valence electrons. The Morgan fingerprint density at radius 2 is 1.48 bits per heavy atom. The Morgan fingerprint density at radius 3 is 2.21 bits per heavy atom. The van der Waals surface area contributed by atoms with Gasteiger partial charge >= 0.3 is 6.03 Å². The Kier molecular flexibility index (Phi) is 10.6. The first kappa shape index (κ1) is 37.4. The third kappa shape index (κ3) is 8.02. The van der Waals surface area contributed by atoms with E-state index in [2.05, 4.69) is 50.8 Å². The van der Waals surface area contributed by atoms with Gasteiger partial charge in [-0.15, -0.1) is 0 Å². The molecule has 5 aromatic rings. The van der Waals surface area contributed by atoms with Crippen molar-refractivity contribution >= 4 is 40.7 Å². The number of para-hydroxylation sites is 1. The van der Waals surface area contributed by atoms with Crippen LogP contribution in [-0.4, -0.2) is 71.8 Å². The van der Waals surface area contributed by atoms with Crippen molar-refractivity contribution in [1.82, 2.24) is 20.0 Å². The third-order valence-electron chi connectivity index (χ3n) is 12.4. The van der Waals surface area contributed by atoms with Crippen LogP contribution in [-0.2, 0) is 17.8 Å². The highest BCUT2D eigenvalue weighted by atomic mass is 16.5. The molecule has 5 heterocycles. The Morgan fingerprint density at radius 1 is 0.759 bits per heavy atom. The van der Waals surface area contributed by atoms with Crippen molar-refractivity contribution in [2.24, 2.45) is 11.7 Å². The summed E-state index contributed by atoms with van der Waals surface area (Å²) in [5, 5.41) is 10.8. The normalized spacial score (nSPS) is 17.9. The van der Waals surface area contributed by atoms with Crippen molar-refractivity contribution in [3.63, 3.8) is 0 Å². The summed E-state index contributed by atoms with van der Waals surface area (Å²) in [7, 11) is 0. The fourth-order valence-electron chi connectivity index (χ4n) is 9.03. The predicted molar refractivity (Wildman–Crippen MR) is 226 cm³/mol. The van der Waals surface area contributed by atoms with E-state index in [4.69, 9.17) is 15.6 Å².